The Morgan fingerprint density at radius 2 is 2.11 bits per heavy atom. The molecule has 0 atom stereocenters. The van der Waals surface area contributed by atoms with E-state index < -0.39 is 0 Å². The van der Waals surface area contributed by atoms with E-state index in [2.05, 4.69) is 4.98 Å². The number of halogens is 1. The van der Waals surface area contributed by atoms with Gasteiger partial charge in [-0.05, 0) is 36.8 Å². The molecular formula is C13H12FN3O. The Morgan fingerprint density at radius 3 is 2.78 bits per heavy atom. The molecule has 0 aliphatic rings. The molecular weight excluding hydrogens is 233 g/mol. The van der Waals surface area contributed by atoms with Crippen molar-refractivity contribution in [3.63, 3.8) is 0 Å². The minimum absolute atomic E-state index is 0.104. The van der Waals surface area contributed by atoms with Gasteiger partial charge in [0.25, 0.3) is 0 Å². The van der Waals surface area contributed by atoms with E-state index in [9.17, 15) is 4.39 Å². The van der Waals surface area contributed by atoms with Crippen molar-refractivity contribution in [1.82, 2.24) is 4.98 Å². The highest BCUT2D eigenvalue weighted by atomic mass is 19.1. The summed E-state index contributed by atoms with van der Waals surface area (Å²) < 4.78 is 18.6. The summed E-state index contributed by atoms with van der Waals surface area (Å²) in [5, 5.41) is 7.44. The zero-order valence-corrected chi connectivity index (χ0v) is 9.77. The van der Waals surface area contributed by atoms with Crippen LogP contribution in [-0.2, 0) is 0 Å². The molecule has 1 heterocycles. The van der Waals surface area contributed by atoms with Crippen molar-refractivity contribution in [2.45, 2.75) is 6.92 Å². The summed E-state index contributed by atoms with van der Waals surface area (Å²) in [5.41, 5.74) is 6.56. The van der Waals surface area contributed by atoms with Gasteiger partial charge in [-0.2, -0.15) is 0 Å². The van der Waals surface area contributed by atoms with Crippen molar-refractivity contribution >= 4 is 5.84 Å². The third-order valence-electron chi connectivity index (χ3n) is 2.43. The van der Waals surface area contributed by atoms with Crippen LogP contribution in [0, 0.1) is 18.2 Å². The first-order chi connectivity index (χ1) is 8.58. The summed E-state index contributed by atoms with van der Waals surface area (Å²) in [7, 11) is 0. The Labute approximate surface area is 104 Å². The number of aryl methyl sites for hydroxylation is 1. The highest BCUT2D eigenvalue weighted by molar-refractivity contribution is 5.97. The molecule has 5 heteroatoms. The molecule has 2 aromatic rings. The predicted octanol–water partition coefficient (Wildman–Crippen LogP) is 2.61. The quantitative estimate of drug-likeness (QED) is 0.645. The van der Waals surface area contributed by atoms with E-state index in [-0.39, 0.29) is 11.7 Å². The highest BCUT2D eigenvalue weighted by Gasteiger charge is 2.09. The summed E-state index contributed by atoms with van der Waals surface area (Å²) in [5.74, 6) is 0.455. The van der Waals surface area contributed by atoms with Gasteiger partial charge < -0.3 is 10.5 Å². The van der Waals surface area contributed by atoms with E-state index in [1.165, 1.54) is 30.6 Å². The van der Waals surface area contributed by atoms with Gasteiger partial charge in [0, 0.05) is 6.20 Å². The molecule has 2 rings (SSSR count). The van der Waals surface area contributed by atoms with Gasteiger partial charge >= 0.3 is 0 Å². The second-order valence-electron chi connectivity index (χ2n) is 3.80. The van der Waals surface area contributed by atoms with Crippen LogP contribution in [0.4, 0.5) is 4.39 Å². The van der Waals surface area contributed by atoms with Crippen LogP contribution in [0.1, 0.15) is 11.1 Å². The number of benzene rings is 1. The topological polar surface area (TPSA) is 72.0 Å². The molecule has 0 unspecified atom stereocenters. The fourth-order valence-electron chi connectivity index (χ4n) is 1.53. The number of nitrogens with two attached hydrogens (primary N) is 1. The average Bonchev–Trinajstić information content (AvgIpc) is 2.33. The number of nitrogen functional groups attached to an aromatic ring is 1. The smallest absolute Gasteiger partial charge is 0.156 e. The molecule has 0 bridgehead atoms. The molecule has 0 aliphatic carbocycles. The van der Waals surface area contributed by atoms with Gasteiger partial charge in [0.05, 0.1) is 11.8 Å². The van der Waals surface area contributed by atoms with Gasteiger partial charge in [-0.25, -0.2) is 4.39 Å². The van der Waals surface area contributed by atoms with E-state index in [1.54, 1.807) is 13.0 Å². The Hall–Kier alpha value is -2.43. The first-order valence-corrected chi connectivity index (χ1v) is 5.30. The Morgan fingerprint density at radius 1 is 1.33 bits per heavy atom. The fraction of sp³-hybridized carbons (Fsp3) is 0.0769. The zero-order chi connectivity index (χ0) is 13.1. The van der Waals surface area contributed by atoms with Crippen LogP contribution in [0.3, 0.4) is 0 Å². The summed E-state index contributed by atoms with van der Waals surface area (Å²) in [6.45, 7) is 1.74. The number of amidine groups is 1. The largest absolute Gasteiger partial charge is 0.455 e. The Bertz CT molecular complexity index is 599. The van der Waals surface area contributed by atoms with Gasteiger partial charge in [-0.1, -0.05) is 0 Å². The predicted molar refractivity (Wildman–Crippen MR) is 66.5 cm³/mol. The van der Waals surface area contributed by atoms with E-state index in [4.69, 9.17) is 15.9 Å². The average molecular weight is 245 g/mol. The number of hydrogen-bond donors (Lipinski definition) is 2. The van der Waals surface area contributed by atoms with Crippen LogP contribution in [-0.4, -0.2) is 10.8 Å². The minimum atomic E-state index is -0.321. The molecule has 0 amide bonds. The molecule has 1 aromatic carbocycles. The number of hydrogen-bond acceptors (Lipinski definition) is 3. The van der Waals surface area contributed by atoms with Gasteiger partial charge in [-0.15, -0.1) is 0 Å². The van der Waals surface area contributed by atoms with E-state index >= 15 is 0 Å². The number of nitrogens with one attached hydrogen (secondary N) is 1. The second-order valence-corrected chi connectivity index (χ2v) is 3.80. The molecule has 18 heavy (non-hydrogen) atoms. The van der Waals surface area contributed by atoms with E-state index in [1.807, 2.05) is 0 Å². The molecule has 0 aliphatic heterocycles. The van der Waals surface area contributed by atoms with E-state index in [0.717, 1.165) is 0 Å². The van der Waals surface area contributed by atoms with Gasteiger partial charge in [0.2, 0.25) is 0 Å². The summed E-state index contributed by atoms with van der Waals surface area (Å²) >= 11 is 0. The summed E-state index contributed by atoms with van der Waals surface area (Å²) in [6.07, 6.45) is 3.00. The van der Waals surface area contributed by atoms with Gasteiger partial charge in [-0.3, -0.25) is 10.4 Å². The zero-order valence-electron chi connectivity index (χ0n) is 9.77. The number of rotatable bonds is 3. The second kappa shape index (κ2) is 4.83. The third-order valence-corrected chi connectivity index (χ3v) is 2.43. The van der Waals surface area contributed by atoms with Crippen molar-refractivity contribution in [3.05, 3.63) is 53.6 Å². The minimum Gasteiger partial charge on any atom is -0.455 e. The molecule has 92 valence electrons. The SMILES string of the molecule is Cc1cc(F)ccc1Oc1cnccc1C(=N)N. The highest BCUT2D eigenvalue weighted by Crippen LogP contribution is 2.27. The summed E-state index contributed by atoms with van der Waals surface area (Å²) in [6, 6.07) is 5.81. The number of ether oxygens (including phenoxy) is 1. The molecule has 0 fully saturated rings. The van der Waals surface area contributed by atoms with Crippen LogP contribution < -0.4 is 10.5 Å². The Balaban J connectivity index is 2.37. The molecule has 0 saturated carbocycles. The van der Waals surface area contributed by atoms with Crippen molar-refractivity contribution in [2.75, 3.05) is 0 Å². The van der Waals surface area contributed by atoms with Crippen LogP contribution in [0.25, 0.3) is 0 Å². The lowest BCUT2D eigenvalue weighted by Crippen LogP contribution is -2.12. The molecule has 3 N–H and O–H groups in total. The number of pyridine rings is 1. The van der Waals surface area contributed by atoms with Crippen LogP contribution in [0.5, 0.6) is 11.5 Å². The van der Waals surface area contributed by atoms with Crippen LogP contribution in [0.2, 0.25) is 0 Å². The molecule has 0 saturated heterocycles. The lowest BCUT2D eigenvalue weighted by atomic mass is 10.2. The molecule has 4 nitrogen and oxygen atoms in total. The summed E-state index contributed by atoms with van der Waals surface area (Å²) in [4.78, 5) is 3.92. The third kappa shape index (κ3) is 2.45. The van der Waals surface area contributed by atoms with Crippen LogP contribution >= 0.6 is 0 Å². The van der Waals surface area contributed by atoms with Gasteiger partial charge in [0.1, 0.15) is 17.4 Å². The van der Waals surface area contributed by atoms with Crippen molar-refractivity contribution in [3.8, 4) is 11.5 Å². The van der Waals surface area contributed by atoms with Crippen LogP contribution in [0.15, 0.2) is 36.7 Å². The lowest BCUT2D eigenvalue weighted by Gasteiger charge is -2.11. The number of nitrogens with zero attached hydrogens (tertiary/aromatic N) is 1. The van der Waals surface area contributed by atoms with Gasteiger partial charge in [0.15, 0.2) is 5.75 Å². The first kappa shape index (κ1) is 12.0. The lowest BCUT2D eigenvalue weighted by molar-refractivity contribution is 0.473. The fourth-order valence-corrected chi connectivity index (χ4v) is 1.53. The maximum absolute atomic E-state index is 13.0. The standard InChI is InChI=1S/C13H12FN3O/c1-8-6-9(14)2-3-11(8)18-12-7-17-5-4-10(12)13(15)16/h2-7H,1H3,(H3,15,16). The van der Waals surface area contributed by atoms with Crippen molar-refractivity contribution in [1.29, 1.82) is 5.41 Å². The molecule has 1 aromatic heterocycles. The van der Waals surface area contributed by atoms with Crippen molar-refractivity contribution < 1.29 is 9.13 Å². The maximum Gasteiger partial charge on any atom is 0.156 e. The molecule has 0 spiro atoms. The molecule has 0 radical (unpaired) electrons. The maximum atomic E-state index is 13.0. The number of aromatic nitrogens is 1. The normalized spacial score (nSPS) is 10.1. The van der Waals surface area contributed by atoms with E-state index in [0.29, 0.717) is 22.6 Å². The monoisotopic (exact) mass is 245 g/mol. The Kier molecular flexibility index (Phi) is 3.23. The first-order valence-electron chi connectivity index (χ1n) is 5.30. The van der Waals surface area contributed by atoms with Crippen molar-refractivity contribution in [2.24, 2.45) is 5.73 Å².